The van der Waals surface area contributed by atoms with E-state index in [-0.39, 0.29) is 5.69 Å². The summed E-state index contributed by atoms with van der Waals surface area (Å²) in [5, 5.41) is 3.70. The van der Waals surface area contributed by atoms with Crippen LogP contribution in [0.15, 0.2) is 120 Å². The summed E-state index contributed by atoms with van der Waals surface area (Å²) in [5.74, 6) is 0. The number of fused-ring (bicyclic) bond motifs is 8. The Labute approximate surface area is 221 Å². The molecule has 8 rings (SSSR count). The fourth-order valence-corrected chi connectivity index (χ4v) is 5.86. The van der Waals surface area contributed by atoms with Crippen molar-refractivity contribution in [2.24, 2.45) is 0 Å². The molecular formula is C32H19ClN4O. The molecule has 0 aliphatic heterocycles. The van der Waals surface area contributed by atoms with Gasteiger partial charge in [0.15, 0.2) is 5.65 Å². The van der Waals surface area contributed by atoms with E-state index in [9.17, 15) is 4.79 Å². The summed E-state index contributed by atoms with van der Waals surface area (Å²) >= 11 is 6.25. The Morgan fingerprint density at radius 1 is 0.553 bits per heavy atom. The molecule has 5 nitrogen and oxygen atoms in total. The maximum atomic E-state index is 14.2. The van der Waals surface area contributed by atoms with E-state index < -0.39 is 0 Å². The smallest absolute Gasteiger partial charge is 0.309 e. The predicted molar refractivity (Wildman–Crippen MR) is 155 cm³/mol. The van der Waals surface area contributed by atoms with E-state index >= 15 is 0 Å². The normalized spacial score (nSPS) is 11.9. The van der Waals surface area contributed by atoms with Gasteiger partial charge in [0.2, 0.25) is 0 Å². The van der Waals surface area contributed by atoms with Crippen LogP contribution >= 0.6 is 11.6 Å². The van der Waals surface area contributed by atoms with Crippen molar-refractivity contribution in [1.82, 2.24) is 18.5 Å². The maximum absolute atomic E-state index is 14.2. The summed E-state index contributed by atoms with van der Waals surface area (Å²) in [5.41, 5.74) is 6.78. The molecule has 0 spiro atoms. The van der Waals surface area contributed by atoms with Gasteiger partial charge >= 0.3 is 5.69 Å². The minimum Gasteiger partial charge on any atom is -0.309 e. The van der Waals surface area contributed by atoms with Crippen LogP contribution in [0.2, 0.25) is 5.02 Å². The van der Waals surface area contributed by atoms with Crippen LogP contribution in [0.3, 0.4) is 0 Å². The molecule has 6 heteroatoms. The van der Waals surface area contributed by atoms with Crippen LogP contribution in [-0.2, 0) is 0 Å². The summed E-state index contributed by atoms with van der Waals surface area (Å²) in [6.07, 6.45) is 0. The summed E-state index contributed by atoms with van der Waals surface area (Å²) in [4.78, 5) is 19.0. The monoisotopic (exact) mass is 510 g/mol. The molecule has 0 unspecified atom stereocenters. The largest absolute Gasteiger partial charge is 0.339 e. The van der Waals surface area contributed by atoms with Gasteiger partial charge in [-0.3, -0.25) is 4.57 Å². The minimum absolute atomic E-state index is 0.172. The molecule has 38 heavy (non-hydrogen) atoms. The first-order valence-corrected chi connectivity index (χ1v) is 12.8. The molecule has 0 fully saturated rings. The second-order valence-electron chi connectivity index (χ2n) is 9.43. The molecule has 0 saturated carbocycles. The van der Waals surface area contributed by atoms with Crippen molar-refractivity contribution in [1.29, 1.82) is 0 Å². The average molecular weight is 511 g/mol. The second-order valence-corrected chi connectivity index (χ2v) is 9.86. The zero-order chi connectivity index (χ0) is 25.4. The number of hydrogen-bond acceptors (Lipinski definition) is 2. The standard InChI is InChI=1S/C32H19ClN4O/c33-20-14-16-30-26(18-20)34-31-24-11-5-7-13-28(24)36(32(38)37(30)31)22-15-17-29-25(19-22)23-10-4-6-12-27(23)35(29)21-8-2-1-3-9-21/h1-19H. The van der Waals surface area contributed by atoms with Crippen molar-refractivity contribution in [3.8, 4) is 11.4 Å². The molecule has 0 bridgehead atoms. The number of rotatable bonds is 2. The Hall–Kier alpha value is -4.87. The molecule has 0 N–H and O–H groups in total. The first-order chi connectivity index (χ1) is 18.7. The van der Waals surface area contributed by atoms with Gasteiger partial charge < -0.3 is 4.57 Å². The highest BCUT2D eigenvalue weighted by molar-refractivity contribution is 6.31. The first kappa shape index (κ1) is 21.2. The topological polar surface area (TPSA) is 44.2 Å². The third-order valence-electron chi connectivity index (χ3n) is 7.31. The van der Waals surface area contributed by atoms with E-state index in [1.807, 2.05) is 54.6 Å². The Morgan fingerprint density at radius 3 is 2.03 bits per heavy atom. The fraction of sp³-hybridized carbons (Fsp3) is 0. The molecule has 0 aliphatic rings. The zero-order valence-electron chi connectivity index (χ0n) is 20.0. The van der Waals surface area contributed by atoms with Gasteiger partial charge in [0.05, 0.1) is 33.3 Å². The van der Waals surface area contributed by atoms with E-state index in [4.69, 9.17) is 16.6 Å². The molecule has 0 radical (unpaired) electrons. The van der Waals surface area contributed by atoms with Crippen molar-refractivity contribution in [3.63, 3.8) is 0 Å². The van der Waals surface area contributed by atoms with Crippen LogP contribution in [0.1, 0.15) is 0 Å². The minimum atomic E-state index is -0.172. The summed E-state index contributed by atoms with van der Waals surface area (Å²) in [7, 11) is 0. The van der Waals surface area contributed by atoms with Gasteiger partial charge in [-0.1, -0.05) is 60.1 Å². The number of benzene rings is 5. The van der Waals surface area contributed by atoms with E-state index in [1.54, 1.807) is 21.1 Å². The van der Waals surface area contributed by atoms with Gasteiger partial charge in [0.1, 0.15) is 0 Å². The molecule has 3 heterocycles. The lowest BCUT2D eigenvalue weighted by atomic mass is 10.1. The highest BCUT2D eigenvalue weighted by Gasteiger charge is 2.18. The Morgan fingerprint density at radius 2 is 1.21 bits per heavy atom. The third-order valence-corrected chi connectivity index (χ3v) is 7.55. The fourth-order valence-electron chi connectivity index (χ4n) is 5.69. The first-order valence-electron chi connectivity index (χ1n) is 12.4. The predicted octanol–water partition coefficient (Wildman–Crippen LogP) is 7.54. The van der Waals surface area contributed by atoms with Crippen LogP contribution in [-0.4, -0.2) is 18.5 Å². The molecule has 8 aromatic rings. The number of imidazole rings is 1. The number of para-hydroxylation sites is 3. The molecule has 180 valence electrons. The van der Waals surface area contributed by atoms with Gasteiger partial charge in [0.25, 0.3) is 0 Å². The van der Waals surface area contributed by atoms with E-state index in [1.165, 1.54) is 0 Å². The maximum Gasteiger partial charge on any atom is 0.339 e. The van der Waals surface area contributed by atoms with Crippen molar-refractivity contribution in [3.05, 3.63) is 131 Å². The van der Waals surface area contributed by atoms with Crippen LogP contribution in [0.25, 0.3) is 60.8 Å². The summed E-state index contributed by atoms with van der Waals surface area (Å²) in [6.45, 7) is 0. The van der Waals surface area contributed by atoms with Gasteiger partial charge in [0, 0.05) is 26.9 Å². The molecule has 0 saturated heterocycles. The second kappa shape index (κ2) is 7.81. The summed E-state index contributed by atoms with van der Waals surface area (Å²) in [6, 6.07) is 38.3. The lowest BCUT2D eigenvalue weighted by Crippen LogP contribution is -2.25. The van der Waals surface area contributed by atoms with Gasteiger partial charge in [-0.05, 0) is 66.7 Å². The highest BCUT2D eigenvalue weighted by Crippen LogP contribution is 2.34. The molecule has 3 aromatic heterocycles. The SMILES string of the molecule is O=c1n(-c2ccc3c(c2)c2ccccc2n3-c2ccccc2)c2ccccc2c2nc3cc(Cl)ccc3n12. The van der Waals surface area contributed by atoms with Crippen molar-refractivity contribution >= 4 is 61.0 Å². The van der Waals surface area contributed by atoms with Gasteiger partial charge in [-0.25, -0.2) is 14.2 Å². The quantitative estimate of drug-likeness (QED) is 0.241. The van der Waals surface area contributed by atoms with E-state index in [2.05, 4.69) is 53.1 Å². The Bertz CT molecular complexity index is 2280. The lowest BCUT2D eigenvalue weighted by molar-refractivity contribution is 0.933. The van der Waals surface area contributed by atoms with Crippen LogP contribution in [0.4, 0.5) is 0 Å². The average Bonchev–Trinajstić information content (AvgIpc) is 3.49. The summed E-state index contributed by atoms with van der Waals surface area (Å²) < 4.78 is 5.74. The highest BCUT2D eigenvalue weighted by atomic mass is 35.5. The Balaban J connectivity index is 1.50. The van der Waals surface area contributed by atoms with Gasteiger partial charge in [-0.15, -0.1) is 0 Å². The number of aromatic nitrogens is 4. The third kappa shape index (κ3) is 2.88. The molecule has 0 atom stereocenters. The van der Waals surface area contributed by atoms with E-state index in [0.29, 0.717) is 16.2 Å². The van der Waals surface area contributed by atoms with E-state index in [0.717, 1.165) is 49.6 Å². The Kier molecular flexibility index (Phi) is 4.37. The number of halogens is 1. The molecular weight excluding hydrogens is 492 g/mol. The van der Waals surface area contributed by atoms with Crippen LogP contribution < -0.4 is 5.69 Å². The van der Waals surface area contributed by atoms with Gasteiger partial charge in [-0.2, -0.15) is 0 Å². The lowest BCUT2D eigenvalue weighted by Gasteiger charge is -2.13. The molecule has 5 aromatic carbocycles. The van der Waals surface area contributed by atoms with Crippen LogP contribution in [0.5, 0.6) is 0 Å². The number of nitrogens with zero attached hydrogens (tertiary/aromatic N) is 4. The zero-order valence-corrected chi connectivity index (χ0v) is 20.8. The van der Waals surface area contributed by atoms with Crippen molar-refractivity contribution in [2.75, 3.05) is 0 Å². The number of hydrogen-bond donors (Lipinski definition) is 0. The van der Waals surface area contributed by atoms with Crippen molar-refractivity contribution < 1.29 is 0 Å². The van der Waals surface area contributed by atoms with Crippen molar-refractivity contribution in [2.45, 2.75) is 0 Å². The molecule has 0 aliphatic carbocycles. The molecule has 0 amide bonds. The van der Waals surface area contributed by atoms with Crippen LogP contribution in [0, 0.1) is 0 Å².